The van der Waals surface area contributed by atoms with Gasteiger partial charge in [0.15, 0.2) is 4.34 Å². The van der Waals surface area contributed by atoms with Crippen LogP contribution in [0.1, 0.15) is 16.6 Å². The van der Waals surface area contributed by atoms with Gasteiger partial charge in [0.25, 0.3) is 5.91 Å². The highest BCUT2D eigenvalue weighted by Crippen LogP contribution is 2.42. The minimum atomic E-state index is -1.19. The van der Waals surface area contributed by atoms with E-state index in [9.17, 15) is 24.3 Å². The van der Waals surface area contributed by atoms with E-state index in [-0.39, 0.29) is 5.70 Å². The van der Waals surface area contributed by atoms with Crippen molar-refractivity contribution in [3.8, 4) is 0 Å². The molecule has 1 aromatic carbocycles. The Labute approximate surface area is 206 Å². The van der Waals surface area contributed by atoms with E-state index < -0.39 is 35.2 Å². The van der Waals surface area contributed by atoms with E-state index in [4.69, 9.17) is 5.73 Å². The summed E-state index contributed by atoms with van der Waals surface area (Å²) < 4.78 is 0.725. The molecule has 4 rings (SSSR count). The second-order valence-corrected chi connectivity index (χ2v) is 10.9. The van der Waals surface area contributed by atoms with Crippen LogP contribution in [0.4, 0.5) is 5.69 Å². The number of fused-ring (bicyclic) bond motifs is 1. The van der Waals surface area contributed by atoms with E-state index in [1.165, 1.54) is 39.8 Å². The highest BCUT2D eigenvalue weighted by Gasteiger charge is 2.54. The number of anilines is 1. The lowest BCUT2D eigenvalue weighted by Gasteiger charge is -2.49. The molecule has 2 unspecified atom stereocenters. The smallest absolute Gasteiger partial charge is 0.352 e. The third-order valence-electron chi connectivity index (χ3n) is 5.18. The van der Waals surface area contributed by atoms with E-state index in [0.717, 1.165) is 9.35 Å². The summed E-state index contributed by atoms with van der Waals surface area (Å²) in [6.07, 6.45) is 0.516. The topological polar surface area (TPSA) is 168 Å². The maximum absolute atomic E-state index is 12.9. The second kappa shape index (κ2) is 10.1. The summed E-state index contributed by atoms with van der Waals surface area (Å²) in [5, 5.41) is 23.2. The van der Waals surface area contributed by atoms with E-state index in [2.05, 4.69) is 20.8 Å². The number of rotatable bonds is 9. The molecule has 0 radical (unpaired) electrons. The van der Waals surface area contributed by atoms with Gasteiger partial charge < -0.3 is 21.5 Å². The molecule has 5 N–H and O–H groups in total. The minimum absolute atomic E-state index is 0.0510. The van der Waals surface area contributed by atoms with Gasteiger partial charge in [0.2, 0.25) is 12.3 Å². The predicted octanol–water partition coefficient (Wildman–Crippen LogP) is 0.946. The van der Waals surface area contributed by atoms with Gasteiger partial charge in [-0.25, -0.2) is 4.79 Å². The fourth-order valence-electron chi connectivity index (χ4n) is 3.56. The van der Waals surface area contributed by atoms with E-state index in [1.807, 2.05) is 6.92 Å². The fraction of sp³-hybridized carbons (Fsp3) is 0.300. The highest BCUT2D eigenvalue weighted by molar-refractivity contribution is 8.01. The molecule has 14 heteroatoms. The average molecular weight is 521 g/mol. The molecule has 3 amide bonds. The van der Waals surface area contributed by atoms with Gasteiger partial charge in [-0.15, -0.1) is 22.0 Å². The number of nitrogens with two attached hydrogens (primary N) is 1. The monoisotopic (exact) mass is 520 g/mol. The van der Waals surface area contributed by atoms with Crippen molar-refractivity contribution in [2.24, 2.45) is 5.73 Å². The predicted molar refractivity (Wildman–Crippen MR) is 128 cm³/mol. The molecule has 1 saturated heterocycles. The maximum Gasteiger partial charge on any atom is 0.352 e. The number of carboxylic acids is 1. The normalized spacial score (nSPS) is 20.3. The van der Waals surface area contributed by atoms with Gasteiger partial charge in [-0.05, 0) is 30.2 Å². The lowest BCUT2D eigenvalue weighted by molar-refractivity contribution is -0.150. The largest absolute Gasteiger partial charge is 0.477 e. The Morgan fingerprint density at radius 3 is 2.88 bits per heavy atom. The quantitative estimate of drug-likeness (QED) is 0.212. The molecule has 0 spiro atoms. The van der Waals surface area contributed by atoms with Crippen LogP contribution in [0.5, 0.6) is 0 Å². The van der Waals surface area contributed by atoms with Gasteiger partial charge in [0, 0.05) is 17.2 Å². The zero-order valence-electron chi connectivity index (χ0n) is 17.8. The Hall–Kier alpha value is -2.94. The summed E-state index contributed by atoms with van der Waals surface area (Å²) >= 11 is 4.18. The number of carbonyl (C=O) groups excluding carboxylic acids is 3. The van der Waals surface area contributed by atoms with Crippen LogP contribution in [0, 0.1) is 6.92 Å². The Bertz CT molecular complexity index is 1180. The summed E-state index contributed by atoms with van der Waals surface area (Å²) in [7, 11) is 0. The molecule has 2 aromatic rings. The minimum Gasteiger partial charge on any atom is -0.477 e. The number of β-lactam (4-membered cyclic amide) rings is 1. The van der Waals surface area contributed by atoms with Crippen molar-refractivity contribution in [3.05, 3.63) is 46.1 Å². The summed E-state index contributed by atoms with van der Waals surface area (Å²) in [4.78, 5) is 49.4. The number of nitrogens with one attached hydrogen (secondary N) is 2. The second-order valence-electron chi connectivity index (χ2n) is 7.39. The first-order valence-electron chi connectivity index (χ1n) is 9.99. The lowest BCUT2D eigenvalue weighted by Crippen LogP contribution is -2.71. The van der Waals surface area contributed by atoms with Gasteiger partial charge in [0.05, 0.1) is 0 Å². The molecule has 1 aromatic heterocycles. The first-order chi connectivity index (χ1) is 16.3. The molecule has 2 aliphatic heterocycles. The summed E-state index contributed by atoms with van der Waals surface area (Å²) in [6.45, 7) is 1.84. The highest BCUT2D eigenvalue weighted by atomic mass is 32.2. The third kappa shape index (κ3) is 4.80. The van der Waals surface area contributed by atoms with Crippen LogP contribution in [-0.4, -0.2) is 67.3 Å². The molecule has 11 nitrogen and oxygen atoms in total. The number of amides is 3. The SMILES string of the molecule is Cc1nnc(SCC2=C(C(=O)O)N3C(=O)C(NC(=O)C(N)c4cccc(NC=O)c4)[C@H]3SC2)s1. The number of aryl methyl sites for hydroxylation is 1. The average Bonchev–Trinajstić information content (AvgIpc) is 3.25. The first-order valence-corrected chi connectivity index (χ1v) is 12.8. The Kier molecular flexibility index (Phi) is 7.21. The van der Waals surface area contributed by atoms with Crippen molar-refractivity contribution >= 4 is 64.7 Å². The van der Waals surface area contributed by atoms with Gasteiger partial charge >= 0.3 is 5.97 Å². The van der Waals surface area contributed by atoms with Crippen LogP contribution in [0.25, 0.3) is 0 Å². The molecule has 3 atom stereocenters. The van der Waals surface area contributed by atoms with Crippen LogP contribution in [-0.2, 0) is 19.2 Å². The zero-order chi connectivity index (χ0) is 24.4. The van der Waals surface area contributed by atoms with Crippen LogP contribution in [0.2, 0.25) is 0 Å². The van der Waals surface area contributed by atoms with E-state index >= 15 is 0 Å². The standard InChI is InChI=1S/C20H20N6O5S3/c1-9-24-25-20(34-9)33-7-11-6-32-18-14(17(29)26(18)15(11)19(30)31)23-16(28)13(21)10-3-2-4-12(5-10)22-8-27/h2-5,8,13-14,18H,6-7,21H2,1H3,(H,22,27)(H,23,28)(H,30,31)/t13?,14?,18-/m1/s1. The van der Waals surface area contributed by atoms with Crippen molar-refractivity contribution in [2.75, 3.05) is 16.8 Å². The number of benzene rings is 1. The van der Waals surface area contributed by atoms with Crippen molar-refractivity contribution < 1.29 is 24.3 Å². The number of carbonyl (C=O) groups is 4. The number of hydrogen-bond donors (Lipinski definition) is 4. The molecule has 1 fully saturated rings. The molecule has 0 aliphatic carbocycles. The third-order valence-corrected chi connectivity index (χ3v) is 8.58. The molecule has 2 aliphatic rings. The van der Waals surface area contributed by atoms with Crippen molar-refractivity contribution in [2.45, 2.75) is 28.7 Å². The summed E-state index contributed by atoms with van der Waals surface area (Å²) in [5.41, 5.74) is 7.56. The van der Waals surface area contributed by atoms with Crippen LogP contribution >= 0.6 is 34.9 Å². The van der Waals surface area contributed by atoms with Crippen molar-refractivity contribution in [1.29, 1.82) is 0 Å². The van der Waals surface area contributed by atoms with Gasteiger partial charge in [-0.3, -0.25) is 19.3 Å². The number of aromatic nitrogens is 2. The number of aliphatic carboxylic acids is 1. The molecule has 0 bridgehead atoms. The summed E-state index contributed by atoms with van der Waals surface area (Å²) in [6, 6.07) is 4.55. The van der Waals surface area contributed by atoms with Crippen LogP contribution < -0.4 is 16.4 Å². The first kappa shape index (κ1) is 24.2. The van der Waals surface area contributed by atoms with E-state index in [0.29, 0.717) is 34.7 Å². The zero-order valence-corrected chi connectivity index (χ0v) is 20.2. The Morgan fingerprint density at radius 2 is 2.21 bits per heavy atom. The van der Waals surface area contributed by atoms with Gasteiger partial charge in [-0.1, -0.05) is 35.2 Å². The number of hydrogen-bond acceptors (Lipinski definition) is 10. The van der Waals surface area contributed by atoms with E-state index in [1.54, 1.807) is 24.3 Å². The summed E-state index contributed by atoms with van der Waals surface area (Å²) in [5.74, 6) is -1.49. The molecular formula is C20H20N6O5S3. The van der Waals surface area contributed by atoms with Crippen LogP contribution in [0.3, 0.4) is 0 Å². The molecule has 34 heavy (non-hydrogen) atoms. The number of thioether (sulfide) groups is 2. The molecule has 178 valence electrons. The maximum atomic E-state index is 12.9. The number of carboxylic acid groups (broad SMARTS) is 1. The lowest BCUT2D eigenvalue weighted by atomic mass is 10.0. The van der Waals surface area contributed by atoms with Crippen molar-refractivity contribution in [3.63, 3.8) is 0 Å². The van der Waals surface area contributed by atoms with Gasteiger partial charge in [0.1, 0.15) is 28.2 Å². The fourth-order valence-corrected chi connectivity index (χ4v) is 6.86. The molecule has 0 saturated carbocycles. The van der Waals surface area contributed by atoms with Crippen molar-refractivity contribution in [1.82, 2.24) is 20.4 Å². The van der Waals surface area contributed by atoms with Gasteiger partial charge in [-0.2, -0.15) is 0 Å². The Morgan fingerprint density at radius 1 is 1.41 bits per heavy atom. The number of nitrogens with zero attached hydrogens (tertiary/aromatic N) is 3. The Balaban J connectivity index is 1.44. The van der Waals surface area contributed by atoms with Crippen LogP contribution in [0.15, 0.2) is 39.9 Å². The molecule has 3 heterocycles. The molecular weight excluding hydrogens is 500 g/mol.